The van der Waals surface area contributed by atoms with Crippen LogP contribution in [-0.4, -0.2) is 27.7 Å². The number of hydrogen-bond acceptors (Lipinski definition) is 3. The SMILES string of the molecule is Cn1ccc(C(=O)NCC(C)(C)O)cc1=O. The first-order chi connectivity index (χ1) is 7.29. The minimum absolute atomic E-state index is 0.140. The molecule has 16 heavy (non-hydrogen) atoms. The van der Waals surface area contributed by atoms with E-state index >= 15 is 0 Å². The molecule has 5 nitrogen and oxygen atoms in total. The lowest BCUT2D eigenvalue weighted by Gasteiger charge is -2.17. The van der Waals surface area contributed by atoms with Gasteiger partial charge < -0.3 is 15.0 Å². The lowest BCUT2D eigenvalue weighted by molar-refractivity contribution is 0.0694. The van der Waals surface area contributed by atoms with Gasteiger partial charge in [0.05, 0.1) is 5.60 Å². The standard InChI is InChI=1S/C11H16N2O3/c1-11(2,16)7-12-10(15)8-4-5-13(3)9(14)6-8/h4-6,16H,7H2,1-3H3,(H,12,15). The van der Waals surface area contributed by atoms with Crippen LogP contribution in [0.4, 0.5) is 0 Å². The molecule has 0 saturated heterocycles. The van der Waals surface area contributed by atoms with Gasteiger partial charge in [-0.1, -0.05) is 0 Å². The summed E-state index contributed by atoms with van der Waals surface area (Å²) in [6, 6.07) is 2.82. The number of carbonyl (C=O) groups excluding carboxylic acids is 1. The van der Waals surface area contributed by atoms with E-state index in [1.165, 1.54) is 16.8 Å². The third-order valence-electron chi connectivity index (χ3n) is 2.05. The predicted molar refractivity (Wildman–Crippen MR) is 60.3 cm³/mol. The number of nitrogens with zero attached hydrogens (tertiary/aromatic N) is 1. The summed E-state index contributed by atoms with van der Waals surface area (Å²) in [5.41, 5.74) is -0.904. The van der Waals surface area contributed by atoms with E-state index in [0.29, 0.717) is 5.56 Å². The summed E-state index contributed by atoms with van der Waals surface area (Å²) >= 11 is 0. The van der Waals surface area contributed by atoms with Crippen LogP contribution in [0.1, 0.15) is 24.2 Å². The van der Waals surface area contributed by atoms with E-state index in [1.807, 2.05) is 0 Å². The summed E-state index contributed by atoms with van der Waals surface area (Å²) in [7, 11) is 1.61. The number of amides is 1. The third-order valence-corrected chi connectivity index (χ3v) is 2.05. The second-order valence-electron chi connectivity index (χ2n) is 4.36. The highest BCUT2D eigenvalue weighted by Crippen LogP contribution is 1.99. The number of nitrogens with one attached hydrogen (secondary N) is 1. The van der Waals surface area contributed by atoms with Gasteiger partial charge in [0.1, 0.15) is 0 Å². The maximum Gasteiger partial charge on any atom is 0.251 e. The molecule has 0 atom stereocenters. The molecule has 0 aromatic carbocycles. The van der Waals surface area contributed by atoms with E-state index in [1.54, 1.807) is 27.0 Å². The van der Waals surface area contributed by atoms with Crippen molar-refractivity contribution in [1.82, 2.24) is 9.88 Å². The number of aliphatic hydroxyl groups is 1. The predicted octanol–water partition coefficient (Wildman–Crippen LogP) is -0.114. The molecule has 5 heteroatoms. The molecule has 0 aliphatic carbocycles. The molecule has 0 saturated carbocycles. The summed E-state index contributed by atoms with van der Waals surface area (Å²) in [4.78, 5) is 22.9. The fourth-order valence-electron chi connectivity index (χ4n) is 1.09. The number of pyridine rings is 1. The normalized spacial score (nSPS) is 11.2. The minimum atomic E-state index is -0.963. The number of hydrogen-bond donors (Lipinski definition) is 2. The Morgan fingerprint density at radius 2 is 2.19 bits per heavy atom. The molecule has 0 fully saturated rings. The van der Waals surface area contributed by atoms with Crippen LogP contribution < -0.4 is 10.9 Å². The Morgan fingerprint density at radius 3 is 2.69 bits per heavy atom. The van der Waals surface area contributed by atoms with Crippen LogP contribution in [0.15, 0.2) is 23.1 Å². The molecule has 1 amide bonds. The van der Waals surface area contributed by atoms with Crippen molar-refractivity contribution in [3.63, 3.8) is 0 Å². The molecular weight excluding hydrogens is 208 g/mol. The Labute approximate surface area is 93.7 Å². The van der Waals surface area contributed by atoms with E-state index in [2.05, 4.69) is 5.32 Å². The first-order valence-corrected chi connectivity index (χ1v) is 4.97. The van der Waals surface area contributed by atoms with Crippen LogP contribution >= 0.6 is 0 Å². The maximum atomic E-state index is 11.6. The van der Waals surface area contributed by atoms with Gasteiger partial charge in [-0.3, -0.25) is 9.59 Å². The van der Waals surface area contributed by atoms with Crippen molar-refractivity contribution in [1.29, 1.82) is 0 Å². The van der Waals surface area contributed by atoms with Gasteiger partial charge in [-0.25, -0.2) is 0 Å². The maximum absolute atomic E-state index is 11.6. The zero-order valence-corrected chi connectivity index (χ0v) is 9.65. The molecule has 1 aromatic heterocycles. The monoisotopic (exact) mass is 224 g/mol. The molecule has 0 spiro atoms. The van der Waals surface area contributed by atoms with E-state index in [-0.39, 0.29) is 18.0 Å². The number of aryl methyl sites for hydroxylation is 1. The van der Waals surface area contributed by atoms with Gasteiger partial charge in [-0.2, -0.15) is 0 Å². The molecular formula is C11H16N2O3. The Balaban J connectivity index is 2.74. The van der Waals surface area contributed by atoms with Crippen LogP contribution in [0, 0.1) is 0 Å². The van der Waals surface area contributed by atoms with Crippen molar-refractivity contribution in [2.24, 2.45) is 7.05 Å². The molecule has 1 rings (SSSR count). The summed E-state index contributed by atoms with van der Waals surface area (Å²) in [5.74, 6) is -0.361. The van der Waals surface area contributed by atoms with Gasteiger partial charge in [0.25, 0.3) is 11.5 Å². The summed E-state index contributed by atoms with van der Waals surface area (Å²) in [6.07, 6.45) is 1.53. The van der Waals surface area contributed by atoms with Crippen molar-refractivity contribution < 1.29 is 9.90 Å². The first kappa shape index (κ1) is 12.4. The van der Waals surface area contributed by atoms with Crippen LogP contribution in [0.5, 0.6) is 0 Å². The van der Waals surface area contributed by atoms with Crippen LogP contribution in [0.3, 0.4) is 0 Å². The molecule has 88 valence electrons. The number of carbonyl (C=O) groups is 1. The molecule has 0 aliphatic rings. The lowest BCUT2D eigenvalue weighted by atomic mass is 10.1. The van der Waals surface area contributed by atoms with Crippen LogP contribution in [0.25, 0.3) is 0 Å². The van der Waals surface area contributed by atoms with Crippen molar-refractivity contribution in [2.75, 3.05) is 6.54 Å². The average molecular weight is 224 g/mol. The molecule has 1 heterocycles. The van der Waals surface area contributed by atoms with E-state index in [9.17, 15) is 14.7 Å². The summed E-state index contributed by atoms with van der Waals surface area (Å²) in [5, 5.41) is 12.0. The Hall–Kier alpha value is -1.62. The van der Waals surface area contributed by atoms with Crippen LogP contribution in [-0.2, 0) is 7.05 Å². The summed E-state index contributed by atoms with van der Waals surface area (Å²) < 4.78 is 1.38. The van der Waals surface area contributed by atoms with Crippen molar-refractivity contribution in [2.45, 2.75) is 19.4 Å². The van der Waals surface area contributed by atoms with Crippen LogP contribution in [0.2, 0.25) is 0 Å². The van der Waals surface area contributed by atoms with Gasteiger partial charge in [-0.15, -0.1) is 0 Å². The lowest BCUT2D eigenvalue weighted by Crippen LogP contribution is -2.38. The smallest absolute Gasteiger partial charge is 0.251 e. The quantitative estimate of drug-likeness (QED) is 0.752. The fourth-order valence-corrected chi connectivity index (χ4v) is 1.09. The second-order valence-corrected chi connectivity index (χ2v) is 4.36. The van der Waals surface area contributed by atoms with E-state index < -0.39 is 5.60 Å². The number of aromatic nitrogens is 1. The fraction of sp³-hybridized carbons (Fsp3) is 0.455. The molecule has 0 aliphatic heterocycles. The highest BCUT2D eigenvalue weighted by Gasteiger charge is 2.14. The Kier molecular flexibility index (Phi) is 3.49. The molecule has 0 unspecified atom stereocenters. The number of rotatable bonds is 3. The van der Waals surface area contributed by atoms with Gasteiger partial charge in [0.2, 0.25) is 0 Å². The highest BCUT2D eigenvalue weighted by molar-refractivity contribution is 5.93. The second kappa shape index (κ2) is 4.49. The van der Waals surface area contributed by atoms with Gasteiger partial charge in [0.15, 0.2) is 0 Å². The van der Waals surface area contributed by atoms with Gasteiger partial charge >= 0.3 is 0 Å². The molecule has 2 N–H and O–H groups in total. The van der Waals surface area contributed by atoms with E-state index in [0.717, 1.165) is 0 Å². The third kappa shape index (κ3) is 3.51. The zero-order chi connectivity index (χ0) is 12.3. The first-order valence-electron chi connectivity index (χ1n) is 4.97. The van der Waals surface area contributed by atoms with Gasteiger partial charge in [0, 0.05) is 31.4 Å². The molecule has 1 aromatic rings. The van der Waals surface area contributed by atoms with Gasteiger partial charge in [-0.05, 0) is 19.9 Å². The zero-order valence-electron chi connectivity index (χ0n) is 9.65. The largest absolute Gasteiger partial charge is 0.389 e. The van der Waals surface area contributed by atoms with Crippen molar-refractivity contribution >= 4 is 5.91 Å². The average Bonchev–Trinajstić information content (AvgIpc) is 2.17. The Bertz CT molecular complexity index is 443. The topological polar surface area (TPSA) is 71.3 Å². The van der Waals surface area contributed by atoms with Crippen molar-refractivity contribution in [3.8, 4) is 0 Å². The Morgan fingerprint density at radius 1 is 1.56 bits per heavy atom. The molecule has 0 radical (unpaired) electrons. The summed E-state index contributed by atoms with van der Waals surface area (Å²) in [6.45, 7) is 3.33. The van der Waals surface area contributed by atoms with Crippen molar-refractivity contribution in [3.05, 3.63) is 34.2 Å². The van der Waals surface area contributed by atoms with E-state index in [4.69, 9.17) is 0 Å². The molecule has 0 bridgehead atoms. The minimum Gasteiger partial charge on any atom is -0.389 e. The highest BCUT2D eigenvalue weighted by atomic mass is 16.3.